The first-order chi connectivity index (χ1) is 21.5. The van der Waals surface area contributed by atoms with Gasteiger partial charge in [-0.25, -0.2) is 13.1 Å². The number of amides is 1. The molecule has 0 aliphatic carbocycles. The minimum absolute atomic E-state index is 0.0737. The summed E-state index contributed by atoms with van der Waals surface area (Å²) in [6.07, 6.45) is 3.84. The van der Waals surface area contributed by atoms with Crippen molar-refractivity contribution in [3.05, 3.63) is 65.2 Å². The van der Waals surface area contributed by atoms with Gasteiger partial charge in [-0.3, -0.25) is 4.79 Å². The van der Waals surface area contributed by atoms with Crippen molar-refractivity contribution in [2.75, 3.05) is 73.1 Å². The van der Waals surface area contributed by atoms with Gasteiger partial charge < -0.3 is 29.0 Å². The number of hydrogen-bond donors (Lipinski definition) is 2. The van der Waals surface area contributed by atoms with Crippen LogP contribution in [0.3, 0.4) is 0 Å². The number of nitrogens with zero attached hydrogens (tertiary/aromatic N) is 1. The third-order valence-electron chi connectivity index (χ3n) is 8.94. The molecule has 3 unspecified atom stereocenters. The quantitative estimate of drug-likeness (QED) is 0.218. The second kappa shape index (κ2) is 17.4. The highest BCUT2D eigenvalue weighted by molar-refractivity contribution is 7.88. The summed E-state index contributed by atoms with van der Waals surface area (Å²) < 4.78 is 48.8. The number of nitrogens with one attached hydrogen (secondary N) is 1. The van der Waals surface area contributed by atoms with Crippen LogP contribution in [0.2, 0.25) is 0 Å². The lowest BCUT2D eigenvalue weighted by Gasteiger charge is -2.51. The van der Waals surface area contributed by atoms with Crippen molar-refractivity contribution in [1.82, 2.24) is 9.62 Å². The van der Waals surface area contributed by atoms with Gasteiger partial charge in [-0.2, -0.15) is 0 Å². The first kappa shape index (κ1) is 36.9. The molecular weight excluding hydrogens is 596 g/mol. The molecule has 252 valence electrons. The van der Waals surface area contributed by atoms with E-state index < -0.39 is 27.0 Å². The monoisotopic (exact) mass is 648 g/mol. The van der Waals surface area contributed by atoms with E-state index in [1.165, 1.54) is 0 Å². The Balaban J connectivity index is 2.18. The molecule has 1 amide bonds. The van der Waals surface area contributed by atoms with E-state index >= 15 is 0 Å². The standard InChI is InChI=1S/C34H52N2O8S/c1-6-44-31-15-8-7-14-29(31)30(16-22-41-3)33(2,38)34(18-23-42-4,17-9-10-19-35-45(5,39)40)28-13-11-12-27(26-28)32(37)36-20-24-43-25-21-36/h7-8,11-15,26,30,35,38H,6,9-10,16-25H2,1-5H3. The molecule has 1 heterocycles. The number of sulfonamides is 1. The molecule has 0 saturated carbocycles. The zero-order valence-electron chi connectivity index (χ0n) is 27.5. The molecule has 1 saturated heterocycles. The number of aliphatic hydroxyl groups is 1. The molecule has 0 spiro atoms. The summed E-state index contributed by atoms with van der Waals surface area (Å²) in [5.74, 6) is 0.218. The number of unbranched alkanes of at least 4 members (excludes halogenated alkanes) is 1. The van der Waals surface area contributed by atoms with Gasteiger partial charge in [-0.1, -0.05) is 36.8 Å². The van der Waals surface area contributed by atoms with Crippen LogP contribution in [0.4, 0.5) is 0 Å². The zero-order valence-corrected chi connectivity index (χ0v) is 28.4. The van der Waals surface area contributed by atoms with Gasteiger partial charge in [-0.15, -0.1) is 0 Å². The summed E-state index contributed by atoms with van der Waals surface area (Å²) in [5, 5.41) is 13.1. The first-order valence-corrected chi connectivity index (χ1v) is 17.7. The fourth-order valence-corrected chi connectivity index (χ4v) is 7.08. The van der Waals surface area contributed by atoms with Gasteiger partial charge in [0.25, 0.3) is 5.91 Å². The Labute approximate surface area is 269 Å². The first-order valence-electron chi connectivity index (χ1n) is 15.8. The lowest BCUT2D eigenvalue weighted by atomic mass is 9.57. The Morgan fingerprint density at radius 3 is 2.42 bits per heavy atom. The van der Waals surface area contributed by atoms with E-state index in [9.17, 15) is 18.3 Å². The molecule has 11 heteroatoms. The van der Waals surface area contributed by atoms with Crippen LogP contribution in [-0.4, -0.2) is 103 Å². The van der Waals surface area contributed by atoms with Crippen molar-refractivity contribution in [1.29, 1.82) is 0 Å². The van der Waals surface area contributed by atoms with Crippen molar-refractivity contribution in [2.24, 2.45) is 0 Å². The highest BCUT2D eigenvalue weighted by atomic mass is 32.2. The summed E-state index contributed by atoms with van der Waals surface area (Å²) >= 11 is 0. The Morgan fingerprint density at radius 2 is 1.76 bits per heavy atom. The van der Waals surface area contributed by atoms with Crippen LogP contribution in [0, 0.1) is 0 Å². The summed E-state index contributed by atoms with van der Waals surface area (Å²) in [7, 11) is -0.0427. The molecule has 2 aromatic rings. The lowest BCUT2D eigenvalue weighted by molar-refractivity contribution is -0.0702. The van der Waals surface area contributed by atoms with Crippen LogP contribution in [0.15, 0.2) is 48.5 Å². The zero-order chi connectivity index (χ0) is 32.9. The van der Waals surface area contributed by atoms with Crippen LogP contribution in [0.1, 0.15) is 73.4 Å². The Bertz CT molecular complexity index is 1310. The van der Waals surface area contributed by atoms with E-state index in [1.54, 1.807) is 19.1 Å². The molecule has 1 fully saturated rings. The van der Waals surface area contributed by atoms with E-state index in [-0.39, 0.29) is 12.5 Å². The third-order valence-corrected chi connectivity index (χ3v) is 9.67. The molecule has 2 N–H and O–H groups in total. The Morgan fingerprint density at radius 1 is 1.04 bits per heavy atom. The van der Waals surface area contributed by atoms with Crippen LogP contribution in [0.5, 0.6) is 5.75 Å². The average Bonchev–Trinajstić information content (AvgIpc) is 3.03. The van der Waals surface area contributed by atoms with Gasteiger partial charge in [0.1, 0.15) is 5.75 Å². The van der Waals surface area contributed by atoms with Crippen LogP contribution >= 0.6 is 0 Å². The number of para-hydroxylation sites is 1. The van der Waals surface area contributed by atoms with E-state index in [2.05, 4.69) is 4.72 Å². The highest BCUT2D eigenvalue weighted by Gasteiger charge is 2.53. The summed E-state index contributed by atoms with van der Waals surface area (Å²) in [5.41, 5.74) is -0.0256. The van der Waals surface area contributed by atoms with Crippen LogP contribution < -0.4 is 9.46 Å². The molecule has 10 nitrogen and oxygen atoms in total. The molecular formula is C34H52N2O8S. The predicted octanol–water partition coefficient (Wildman–Crippen LogP) is 4.12. The van der Waals surface area contributed by atoms with Crippen molar-refractivity contribution in [2.45, 2.75) is 62.9 Å². The molecule has 45 heavy (non-hydrogen) atoms. The van der Waals surface area contributed by atoms with Crippen LogP contribution in [-0.2, 0) is 29.6 Å². The fraction of sp³-hybridized carbons (Fsp3) is 0.618. The Hall–Kier alpha value is -2.54. The van der Waals surface area contributed by atoms with Crippen molar-refractivity contribution < 1.29 is 37.3 Å². The second-order valence-corrected chi connectivity index (χ2v) is 13.7. The SMILES string of the molecule is CCOc1ccccc1C(CCOC)C(C)(O)C(CCCCNS(C)(=O)=O)(CCOC)c1cccc(C(=O)N2CCOCC2)c1. The number of hydrogen-bond acceptors (Lipinski definition) is 8. The molecule has 0 bridgehead atoms. The minimum Gasteiger partial charge on any atom is -0.494 e. The number of ether oxygens (including phenoxy) is 4. The third kappa shape index (κ3) is 9.73. The van der Waals surface area contributed by atoms with E-state index in [0.717, 1.165) is 17.4 Å². The Kier molecular flexibility index (Phi) is 14.3. The average molecular weight is 649 g/mol. The number of benzene rings is 2. The van der Waals surface area contributed by atoms with Gasteiger partial charge in [0.15, 0.2) is 0 Å². The largest absolute Gasteiger partial charge is 0.494 e. The lowest BCUT2D eigenvalue weighted by Crippen LogP contribution is -2.54. The fourth-order valence-electron chi connectivity index (χ4n) is 6.56. The molecule has 3 rings (SSSR count). The van der Waals surface area contributed by atoms with Gasteiger partial charge in [0.2, 0.25) is 10.0 Å². The molecule has 0 aromatic heterocycles. The summed E-state index contributed by atoms with van der Waals surface area (Å²) in [6, 6.07) is 15.4. The molecule has 0 radical (unpaired) electrons. The maximum atomic E-state index is 13.6. The smallest absolute Gasteiger partial charge is 0.254 e. The maximum Gasteiger partial charge on any atom is 0.254 e. The normalized spacial score (nSPS) is 17.3. The molecule has 3 atom stereocenters. The van der Waals surface area contributed by atoms with E-state index in [4.69, 9.17) is 18.9 Å². The van der Waals surface area contributed by atoms with Gasteiger partial charge in [0.05, 0.1) is 31.7 Å². The minimum atomic E-state index is -3.33. The van der Waals surface area contributed by atoms with Gasteiger partial charge in [-0.05, 0) is 63.3 Å². The molecule has 2 aromatic carbocycles. The van der Waals surface area contributed by atoms with E-state index in [0.29, 0.717) is 89.5 Å². The van der Waals surface area contributed by atoms with Crippen molar-refractivity contribution >= 4 is 15.9 Å². The number of carbonyl (C=O) groups is 1. The van der Waals surface area contributed by atoms with Crippen LogP contribution in [0.25, 0.3) is 0 Å². The highest BCUT2D eigenvalue weighted by Crippen LogP contribution is 2.52. The summed E-state index contributed by atoms with van der Waals surface area (Å²) in [6.45, 7) is 7.40. The number of rotatable bonds is 19. The predicted molar refractivity (Wildman–Crippen MR) is 176 cm³/mol. The number of morpholine rings is 1. The van der Waals surface area contributed by atoms with Crippen molar-refractivity contribution in [3.63, 3.8) is 0 Å². The number of methoxy groups -OCH3 is 2. The molecule has 1 aliphatic heterocycles. The summed E-state index contributed by atoms with van der Waals surface area (Å²) in [4.78, 5) is 15.4. The molecule has 1 aliphatic rings. The number of carbonyl (C=O) groups excluding carboxylic acids is 1. The van der Waals surface area contributed by atoms with Crippen molar-refractivity contribution in [3.8, 4) is 5.75 Å². The topological polar surface area (TPSA) is 124 Å². The van der Waals surface area contributed by atoms with E-state index in [1.807, 2.05) is 62.4 Å². The van der Waals surface area contributed by atoms with Gasteiger partial charge >= 0.3 is 0 Å². The van der Waals surface area contributed by atoms with Gasteiger partial charge in [0, 0.05) is 69.5 Å². The maximum absolute atomic E-state index is 13.6. The second-order valence-electron chi connectivity index (χ2n) is 11.9.